The lowest BCUT2D eigenvalue weighted by Crippen LogP contribution is -2.37. The molecule has 0 spiro atoms. The Morgan fingerprint density at radius 2 is 2.29 bits per heavy atom. The third kappa shape index (κ3) is 2.87. The van der Waals surface area contributed by atoms with Crippen molar-refractivity contribution in [3.05, 3.63) is 18.3 Å². The number of hydrogen-bond donors (Lipinski definition) is 2. The summed E-state index contributed by atoms with van der Waals surface area (Å²) in [5.41, 5.74) is 6.61. The van der Waals surface area contributed by atoms with Crippen molar-refractivity contribution in [3.63, 3.8) is 0 Å². The minimum atomic E-state index is -0.252. The van der Waals surface area contributed by atoms with Crippen LogP contribution in [0.1, 0.15) is 6.42 Å². The van der Waals surface area contributed by atoms with Gasteiger partial charge in [0.2, 0.25) is 0 Å². The van der Waals surface area contributed by atoms with Crippen LogP contribution in [-0.4, -0.2) is 54.3 Å². The highest BCUT2D eigenvalue weighted by molar-refractivity contribution is 5.50. The first-order valence-electron chi connectivity index (χ1n) is 5.87. The summed E-state index contributed by atoms with van der Waals surface area (Å²) < 4.78 is 0. The van der Waals surface area contributed by atoms with Crippen molar-refractivity contribution in [1.29, 1.82) is 0 Å². The SMILES string of the molecule is CN(C)CC1CC(O)CN1c1ccc(N)nc1. The van der Waals surface area contributed by atoms with Crippen molar-refractivity contribution < 1.29 is 5.11 Å². The second-order valence-corrected chi connectivity index (χ2v) is 4.90. The van der Waals surface area contributed by atoms with E-state index in [9.17, 15) is 5.11 Å². The molecule has 17 heavy (non-hydrogen) atoms. The molecule has 2 unspecified atom stereocenters. The number of rotatable bonds is 3. The van der Waals surface area contributed by atoms with E-state index in [1.165, 1.54) is 0 Å². The Kier molecular flexibility index (Phi) is 3.49. The zero-order valence-electron chi connectivity index (χ0n) is 10.4. The van der Waals surface area contributed by atoms with E-state index in [1.54, 1.807) is 12.3 Å². The minimum Gasteiger partial charge on any atom is -0.391 e. The number of hydrogen-bond acceptors (Lipinski definition) is 5. The first-order chi connectivity index (χ1) is 8.06. The Morgan fingerprint density at radius 1 is 1.53 bits per heavy atom. The fraction of sp³-hybridized carbons (Fsp3) is 0.583. The lowest BCUT2D eigenvalue weighted by atomic mass is 10.2. The molecule has 0 saturated carbocycles. The predicted octanol–water partition coefficient (Wildman–Crippen LogP) is 0.165. The Bertz CT molecular complexity index is 365. The fourth-order valence-electron chi connectivity index (χ4n) is 2.37. The van der Waals surface area contributed by atoms with Gasteiger partial charge in [-0.05, 0) is 32.6 Å². The zero-order chi connectivity index (χ0) is 12.4. The maximum atomic E-state index is 9.79. The van der Waals surface area contributed by atoms with Gasteiger partial charge in [0.15, 0.2) is 0 Å². The van der Waals surface area contributed by atoms with E-state index in [4.69, 9.17) is 5.73 Å². The van der Waals surface area contributed by atoms with Gasteiger partial charge in [-0.3, -0.25) is 0 Å². The second-order valence-electron chi connectivity index (χ2n) is 4.90. The van der Waals surface area contributed by atoms with Gasteiger partial charge in [0, 0.05) is 19.1 Å². The molecule has 1 aliphatic rings. The average molecular weight is 236 g/mol. The van der Waals surface area contributed by atoms with E-state index in [0.717, 1.165) is 18.7 Å². The second kappa shape index (κ2) is 4.89. The molecule has 0 aliphatic carbocycles. The molecule has 2 atom stereocenters. The number of aliphatic hydroxyl groups excluding tert-OH is 1. The standard InChI is InChI=1S/C12H20N4O/c1-15(2)7-10-5-11(17)8-16(10)9-3-4-12(13)14-6-9/h3-4,6,10-11,17H,5,7-8H2,1-2H3,(H2,13,14). The molecule has 0 radical (unpaired) electrons. The van der Waals surface area contributed by atoms with Gasteiger partial charge < -0.3 is 20.6 Å². The van der Waals surface area contributed by atoms with Crippen LogP contribution in [0.3, 0.4) is 0 Å². The molecule has 3 N–H and O–H groups in total. The van der Waals surface area contributed by atoms with E-state index in [-0.39, 0.29) is 6.10 Å². The van der Waals surface area contributed by atoms with Crippen LogP contribution >= 0.6 is 0 Å². The van der Waals surface area contributed by atoms with Crippen LogP contribution in [0.5, 0.6) is 0 Å². The molecule has 94 valence electrons. The normalized spacial score (nSPS) is 24.6. The number of nitrogen functional groups attached to an aromatic ring is 1. The summed E-state index contributed by atoms with van der Waals surface area (Å²) in [4.78, 5) is 8.45. The van der Waals surface area contributed by atoms with Crippen molar-refractivity contribution in [3.8, 4) is 0 Å². The fourth-order valence-corrected chi connectivity index (χ4v) is 2.37. The Morgan fingerprint density at radius 3 is 2.88 bits per heavy atom. The number of nitrogens with zero attached hydrogens (tertiary/aromatic N) is 3. The monoisotopic (exact) mass is 236 g/mol. The Hall–Kier alpha value is -1.33. The van der Waals surface area contributed by atoms with Gasteiger partial charge in [-0.25, -0.2) is 4.98 Å². The molecular formula is C12H20N4O. The number of likely N-dealkylation sites (N-methyl/N-ethyl adjacent to an activating group) is 1. The largest absolute Gasteiger partial charge is 0.391 e. The summed E-state index contributed by atoms with van der Waals surface area (Å²) in [5, 5.41) is 9.79. The van der Waals surface area contributed by atoms with Crippen molar-refractivity contribution in [2.24, 2.45) is 0 Å². The Balaban J connectivity index is 2.14. The Labute approximate surface area is 102 Å². The van der Waals surface area contributed by atoms with E-state index < -0.39 is 0 Å². The van der Waals surface area contributed by atoms with Crippen LogP contribution in [0, 0.1) is 0 Å². The van der Waals surface area contributed by atoms with E-state index in [0.29, 0.717) is 18.4 Å². The molecule has 0 amide bonds. The number of anilines is 2. The molecule has 1 aromatic rings. The average Bonchev–Trinajstić information content (AvgIpc) is 2.59. The topological polar surface area (TPSA) is 65.6 Å². The van der Waals surface area contributed by atoms with Gasteiger partial charge in [-0.2, -0.15) is 0 Å². The van der Waals surface area contributed by atoms with Crippen LogP contribution in [0.15, 0.2) is 18.3 Å². The van der Waals surface area contributed by atoms with Gasteiger partial charge in [-0.1, -0.05) is 0 Å². The first kappa shape index (κ1) is 12.1. The maximum absolute atomic E-state index is 9.79. The molecule has 5 nitrogen and oxygen atoms in total. The number of β-amino-alcohol motifs (C(OH)–C–C–N with tert-alkyl or cyclic N) is 1. The molecule has 2 heterocycles. The maximum Gasteiger partial charge on any atom is 0.123 e. The number of pyridine rings is 1. The van der Waals surface area contributed by atoms with Crippen LogP contribution in [0.2, 0.25) is 0 Å². The predicted molar refractivity (Wildman–Crippen MR) is 69.0 cm³/mol. The number of nitrogens with two attached hydrogens (primary N) is 1. The highest BCUT2D eigenvalue weighted by Gasteiger charge is 2.31. The van der Waals surface area contributed by atoms with Crippen LogP contribution < -0.4 is 10.6 Å². The molecule has 2 rings (SSSR count). The summed E-state index contributed by atoms with van der Waals surface area (Å²) in [5.74, 6) is 0.526. The van der Waals surface area contributed by atoms with Crippen LogP contribution in [0.4, 0.5) is 11.5 Å². The van der Waals surface area contributed by atoms with E-state index >= 15 is 0 Å². The minimum absolute atomic E-state index is 0.252. The highest BCUT2D eigenvalue weighted by Crippen LogP contribution is 2.25. The number of aromatic nitrogens is 1. The van der Waals surface area contributed by atoms with Crippen molar-refractivity contribution in [2.75, 3.05) is 37.8 Å². The number of aliphatic hydroxyl groups is 1. The van der Waals surface area contributed by atoms with Crippen LogP contribution in [0.25, 0.3) is 0 Å². The van der Waals surface area contributed by atoms with Crippen molar-refractivity contribution >= 4 is 11.5 Å². The van der Waals surface area contributed by atoms with E-state index in [2.05, 4.69) is 14.8 Å². The molecule has 0 aromatic carbocycles. The van der Waals surface area contributed by atoms with Crippen molar-refractivity contribution in [2.45, 2.75) is 18.6 Å². The third-order valence-corrected chi connectivity index (χ3v) is 3.07. The lowest BCUT2D eigenvalue weighted by Gasteiger charge is -2.28. The van der Waals surface area contributed by atoms with E-state index in [1.807, 2.05) is 20.2 Å². The van der Waals surface area contributed by atoms with Gasteiger partial charge in [0.25, 0.3) is 0 Å². The van der Waals surface area contributed by atoms with Gasteiger partial charge in [-0.15, -0.1) is 0 Å². The molecule has 5 heteroatoms. The van der Waals surface area contributed by atoms with Gasteiger partial charge >= 0.3 is 0 Å². The third-order valence-electron chi connectivity index (χ3n) is 3.07. The molecule has 1 aliphatic heterocycles. The molecular weight excluding hydrogens is 216 g/mol. The zero-order valence-corrected chi connectivity index (χ0v) is 10.4. The van der Waals surface area contributed by atoms with Gasteiger partial charge in [0.1, 0.15) is 5.82 Å². The molecule has 0 bridgehead atoms. The summed E-state index contributed by atoms with van der Waals surface area (Å²) in [6, 6.07) is 4.10. The summed E-state index contributed by atoms with van der Waals surface area (Å²) in [7, 11) is 4.09. The lowest BCUT2D eigenvalue weighted by molar-refractivity contribution is 0.191. The molecule has 1 aromatic heterocycles. The first-order valence-corrected chi connectivity index (χ1v) is 5.87. The quantitative estimate of drug-likeness (QED) is 0.783. The molecule has 1 fully saturated rings. The summed E-state index contributed by atoms with van der Waals surface area (Å²) in [6.07, 6.45) is 2.33. The highest BCUT2D eigenvalue weighted by atomic mass is 16.3. The van der Waals surface area contributed by atoms with Crippen molar-refractivity contribution in [1.82, 2.24) is 9.88 Å². The van der Waals surface area contributed by atoms with Gasteiger partial charge in [0.05, 0.1) is 18.0 Å². The summed E-state index contributed by atoms with van der Waals surface area (Å²) in [6.45, 7) is 1.60. The summed E-state index contributed by atoms with van der Waals surface area (Å²) >= 11 is 0. The van der Waals surface area contributed by atoms with Crippen LogP contribution in [-0.2, 0) is 0 Å². The smallest absolute Gasteiger partial charge is 0.123 e. The molecule has 1 saturated heterocycles.